The third-order valence-corrected chi connectivity index (χ3v) is 3.00. The molecule has 0 amide bonds. The zero-order valence-electron chi connectivity index (χ0n) is 9.50. The fourth-order valence-electron chi connectivity index (χ4n) is 1.37. The molecule has 2 aromatic rings. The number of hydrogen-bond acceptors (Lipinski definition) is 4. The van der Waals surface area contributed by atoms with Crippen molar-refractivity contribution in [1.82, 2.24) is 4.98 Å². The minimum Gasteiger partial charge on any atom is -0.261 e. The van der Waals surface area contributed by atoms with Gasteiger partial charge in [-0.2, -0.15) is 5.10 Å². The van der Waals surface area contributed by atoms with Crippen LogP contribution in [0.1, 0.15) is 5.56 Å². The highest BCUT2D eigenvalue weighted by Gasteiger charge is 1.96. The minimum absolute atomic E-state index is 0.741. The Bertz CT molecular complexity index is 497. The number of aromatic nitrogens is 1. The van der Waals surface area contributed by atoms with Gasteiger partial charge >= 0.3 is 0 Å². The number of benzene rings is 1. The molecule has 0 saturated carbocycles. The van der Waals surface area contributed by atoms with Crippen molar-refractivity contribution in [3.05, 3.63) is 54.2 Å². The minimum atomic E-state index is 0.741. The van der Waals surface area contributed by atoms with Crippen molar-refractivity contribution < 1.29 is 0 Å². The van der Waals surface area contributed by atoms with Crippen LogP contribution in [-0.2, 0) is 0 Å². The molecule has 0 aliphatic rings. The molecular weight excluding hydrogens is 230 g/mol. The number of nitrogens with one attached hydrogen (secondary N) is 1. The summed E-state index contributed by atoms with van der Waals surface area (Å²) in [5.41, 5.74) is 3.99. The van der Waals surface area contributed by atoms with E-state index in [1.54, 1.807) is 24.2 Å². The zero-order valence-corrected chi connectivity index (χ0v) is 10.3. The molecule has 1 aromatic carbocycles. The molecule has 0 fully saturated rings. The van der Waals surface area contributed by atoms with Crippen molar-refractivity contribution in [2.45, 2.75) is 4.90 Å². The summed E-state index contributed by atoms with van der Waals surface area (Å²) in [5, 5.41) is 4.17. The first-order valence-corrected chi connectivity index (χ1v) is 6.46. The lowest BCUT2D eigenvalue weighted by atomic mass is 10.2. The number of hydrazone groups is 1. The highest BCUT2D eigenvalue weighted by atomic mass is 32.2. The second kappa shape index (κ2) is 6.06. The summed E-state index contributed by atoms with van der Waals surface area (Å²) in [6, 6.07) is 13.8. The normalized spacial score (nSPS) is 10.6. The van der Waals surface area contributed by atoms with E-state index in [4.69, 9.17) is 0 Å². The fourth-order valence-corrected chi connectivity index (χ4v) is 1.94. The van der Waals surface area contributed by atoms with Gasteiger partial charge in [0, 0.05) is 16.7 Å². The van der Waals surface area contributed by atoms with Gasteiger partial charge in [-0.05, 0) is 24.5 Å². The van der Waals surface area contributed by atoms with E-state index in [2.05, 4.69) is 27.8 Å². The largest absolute Gasteiger partial charge is 0.261 e. The van der Waals surface area contributed by atoms with Gasteiger partial charge in [-0.15, -0.1) is 11.8 Å². The van der Waals surface area contributed by atoms with Crippen LogP contribution in [-0.4, -0.2) is 17.5 Å². The predicted molar refractivity (Wildman–Crippen MR) is 73.7 cm³/mol. The van der Waals surface area contributed by atoms with Crippen LogP contribution in [0.25, 0.3) is 0 Å². The number of anilines is 1. The molecule has 86 valence electrons. The molecule has 1 N–H and O–H groups in total. The first-order valence-electron chi connectivity index (χ1n) is 5.23. The van der Waals surface area contributed by atoms with Crippen LogP contribution in [0.15, 0.2) is 58.7 Å². The van der Waals surface area contributed by atoms with Crippen LogP contribution in [0.2, 0.25) is 0 Å². The van der Waals surface area contributed by atoms with E-state index in [0.29, 0.717) is 0 Å². The highest BCUT2D eigenvalue weighted by molar-refractivity contribution is 7.98. The van der Waals surface area contributed by atoms with Crippen LogP contribution in [0.3, 0.4) is 0 Å². The van der Waals surface area contributed by atoms with Gasteiger partial charge in [-0.1, -0.05) is 24.3 Å². The SMILES string of the molecule is CSc1ccccc1/C=N/Nc1ccccn1. The van der Waals surface area contributed by atoms with Gasteiger partial charge in [0.2, 0.25) is 0 Å². The van der Waals surface area contributed by atoms with Crippen molar-refractivity contribution in [1.29, 1.82) is 0 Å². The lowest BCUT2D eigenvalue weighted by Crippen LogP contribution is -1.93. The quantitative estimate of drug-likeness (QED) is 0.509. The molecule has 0 radical (unpaired) electrons. The molecule has 0 unspecified atom stereocenters. The van der Waals surface area contributed by atoms with E-state index in [9.17, 15) is 0 Å². The van der Waals surface area contributed by atoms with Crippen molar-refractivity contribution in [2.75, 3.05) is 11.7 Å². The Balaban J connectivity index is 2.06. The number of nitrogens with zero attached hydrogens (tertiary/aromatic N) is 2. The third-order valence-electron chi connectivity index (χ3n) is 2.19. The van der Waals surface area contributed by atoms with E-state index >= 15 is 0 Å². The van der Waals surface area contributed by atoms with E-state index in [-0.39, 0.29) is 0 Å². The number of rotatable bonds is 4. The Labute approximate surface area is 105 Å². The van der Waals surface area contributed by atoms with Gasteiger partial charge in [0.25, 0.3) is 0 Å². The number of pyridine rings is 1. The summed E-state index contributed by atoms with van der Waals surface area (Å²) in [6.07, 6.45) is 5.59. The maximum absolute atomic E-state index is 4.17. The standard InChI is InChI=1S/C13H13N3S/c1-17-12-7-3-2-6-11(12)10-15-16-13-8-4-5-9-14-13/h2-10H,1H3,(H,14,16)/b15-10+. The average molecular weight is 243 g/mol. The van der Waals surface area contributed by atoms with Crippen molar-refractivity contribution in [3.8, 4) is 0 Å². The first kappa shape index (κ1) is 11.7. The Morgan fingerprint density at radius 3 is 2.76 bits per heavy atom. The van der Waals surface area contributed by atoms with Gasteiger partial charge in [0.15, 0.2) is 0 Å². The average Bonchev–Trinajstić information content (AvgIpc) is 2.40. The molecule has 0 bridgehead atoms. The molecule has 0 aliphatic carbocycles. The summed E-state index contributed by atoms with van der Waals surface area (Å²) in [7, 11) is 0. The predicted octanol–water partition coefficient (Wildman–Crippen LogP) is 3.25. The number of hydrogen-bond donors (Lipinski definition) is 1. The number of thioether (sulfide) groups is 1. The second-order valence-electron chi connectivity index (χ2n) is 3.33. The molecule has 17 heavy (non-hydrogen) atoms. The van der Waals surface area contributed by atoms with Crippen LogP contribution >= 0.6 is 11.8 Å². The molecule has 1 aromatic heterocycles. The monoisotopic (exact) mass is 243 g/mol. The molecular formula is C13H13N3S. The lowest BCUT2D eigenvalue weighted by Gasteiger charge is -2.01. The Morgan fingerprint density at radius 1 is 1.18 bits per heavy atom. The van der Waals surface area contributed by atoms with Crippen LogP contribution < -0.4 is 5.43 Å². The third kappa shape index (κ3) is 3.32. The van der Waals surface area contributed by atoms with Gasteiger partial charge in [-0.25, -0.2) is 4.98 Å². The molecule has 0 spiro atoms. The van der Waals surface area contributed by atoms with E-state index in [0.717, 1.165) is 11.4 Å². The maximum Gasteiger partial charge on any atom is 0.146 e. The van der Waals surface area contributed by atoms with Crippen LogP contribution in [0, 0.1) is 0 Å². The fraction of sp³-hybridized carbons (Fsp3) is 0.0769. The van der Waals surface area contributed by atoms with Gasteiger partial charge in [-0.3, -0.25) is 5.43 Å². The van der Waals surface area contributed by atoms with Gasteiger partial charge < -0.3 is 0 Å². The Morgan fingerprint density at radius 2 is 2.00 bits per heavy atom. The van der Waals surface area contributed by atoms with Gasteiger partial charge in [0.05, 0.1) is 6.21 Å². The van der Waals surface area contributed by atoms with Crippen LogP contribution in [0.5, 0.6) is 0 Å². The topological polar surface area (TPSA) is 37.3 Å². The van der Waals surface area contributed by atoms with Crippen molar-refractivity contribution >= 4 is 23.8 Å². The molecule has 2 rings (SSSR count). The molecule has 4 heteroatoms. The highest BCUT2D eigenvalue weighted by Crippen LogP contribution is 2.17. The van der Waals surface area contributed by atoms with Crippen LogP contribution in [0.4, 0.5) is 5.82 Å². The smallest absolute Gasteiger partial charge is 0.146 e. The summed E-state index contributed by atoms with van der Waals surface area (Å²) >= 11 is 1.71. The van der Waals surface area contributed by atoms with Gasteiger partial charge in [0.1, 0.15) is 5.82 Å². The summed E-state index contributed by atoms with van der Waals surface area (Å²) in [6.45, 7) is 0. The summed E-state index contributed by atoms with van der Waals surface area (Å²) < 4.78 is 0. The Hall–Kier alpha value is -1.81. The summed E-state index contributed by atoms with van der Waals surface area (Å²) in [5.74, 6) is 0.741. The lowest BCUT2D eigenvalue weighted by molar-refractivity contribution is 1.23. The second-order valence-corrected chi connectivity index (χ2v) is 4.18. The molecule has 0 atom stereocenters. The summed E-state index contributed by atoms with van der Waals surface area (Å²) in [4.78, 5) is 5.33. The maximum atomic E-state index is 4.17. The van der Waals surface area contributed by atoms with Crippen molar-refractivity contribution in [2.24, 2.45) is 5.10 Å². The van der Waals surface area contributed by atoms with Crippen molar-refractivity contribution in [3.63, 3.8) is 0 Å². The zero-order chi connectivity index (χ0) is 11.9. The molecule has 0 aliphatic heterocycles. The first-order chi connectivity index (χ1) is 8.40. The van der Waals surface area contributed by atoms with E-state index in [1.807, 2.05) is 36.4 Å². The molecule has 1 heterocycles. The Kier molecular flexibility index (Phi) is 4.16. The van der Waals surface area contributed by atoms with E-state index in [1.165, 1.54) is 4.90 Å². The molecule has 3 nitrogen and oxygen atoms in total. The van der Waals surface area contributed by atoms with E-state index < -0.39 is 0 Å². The molecule has 0 saturated heterocycles.